The summed E-state index contributed by atoms with van der Waals surface area (Å²) in [6, 6.07) is 17.2. The van der Waals surface area contributed by atoms with Crippen LogP contribution in [-0.2, 0) is 0 Å². The van der Waals surface area contributed by atoms with Crippen molar-refractivity contribution in [3.63, 3.8) is 0 Å². The van der Waals surface area contributed by atoms with E-state index in [0.29, 0.717) is 18.7 Å². The van der Waals surface area contributed by atoms with Gasteiger partial charge in [0.2, 0.25) is 0 Å². The van der Waals surface area contributed by atoms with E-state index in [4.69, 9.17) is 0 Å². The van der Waals surface area contributed by atoms with Gasteiger partial charge in [0.15, 0.2) is 0 Å². The van der Waals surface area contributed by atoms with Crippen molar-refractivity contribution in [1.29, 1.82) is 0 Å². The minimum atomic E-state index is -0.0534. The predicted molar refractivity (Wildman–Crippen MR) is 81.4 cm³/mol. The standard InChI is InChI=1S/C15H15BrN2O/c16-13-8-6-12(7-9-13)15(19)18-11-10-17-14-4-2-1-3-5-14/h1-9,17H,10-11H2,(H,18,19). The van der Waals surface area contributed by atoms with Crippen LogP contribution < -0.4 is 10.6 Å². The van der Waals surface area contributed by atoms with Crippen LogP contribution in [0.25, 0.3) is 0 Å². The molecule has 0 unspecified atom stereocenters. The predicted octanol–water partition coefficient (Wildman–Crippen LogP) is 3.29. The van der Waals surface area contributed by atoms with Gasteiger partial charge in [-0.1, -0.05) is 34.1 Å². The molecule has 0 heterocycles. The summed E-state index contributed by atoms with van der Waals surface area (Å²) in [6.07, 6.45) is 0. The number of carbonyl (C=O) groups excluding carboxylic acids is 1. The molecule has 0 aliphatic rings. The molecule has 0 radical (unpaired) electrons. The van der Waals surface area contributed by atoms with E-state index < -0.39 is 0 Å². The molecule has 0 aliphatic carbocycles. The van der Waals surface area contributed by atoms with Gasteiger partial charge in [-0.25, -0.2) is 0 Å². The molecule has 0 spiro atoms. The van der Waals surface area contributed by atoms with Crippen molar-refractivity contribution in [2.24, 2.45) is 0 Å². The Labute approximate surface area is 121 Å². The number of carbonyl (C=O) groups is 1. The summed E-state index contributed by atoms with van der Waals surface area (Å²) in [4.78, 5) is 11.8. The molecule has 0 bridgehead atoms. The molecule has 1 amide bonds. The van der Waals surface area contributed by atoms with E-state index in [0.717, 1.165) is 10.2 Å². The Morgan fingerprint density at radius 1 is 0.947 bits per heavy atom. The number of hydrogen-bond donors (Lipinski definition) is 2. The van der Waals surface area contributed by atoms with Crippen LogP contribution in [0.5, 0.6) is 0 Å². The maximum absolute atomic E-state index is 11.8. The van der Waals surface area contributed by atoms with Gasteiger partial charge in [0.1, 0.15) is 0 Å². The summed E-state index contributed by atoms with van der Waals surface area (Å²) in [5.41, 5.74) is 1.73. The van der Waals surface area contributed by atoms with Gasteiger partial charge >= 0.3 is 0 Å². The Morgan fingerprint density at radius 3 is 2.32 bits per heavy atom. The van der Waals surface area contributed by atoms with Gasteiger partial charge in [-0.15, -0.1) is 0 Å². The topological polar surface area (TPSA) is 41.1 Å². The smallest absolute Gasteiger partial charge is 0.251 e. The Balaban J connectivity index is 1.74. The second kappa shape index (κ2) is 6.95. The van der Waals surface area contributed by atoms with E-state index in [-0.39, 0.29) is 5.91 Å². The highest BCUT2D eigenvalue weighted by atomic mass is 79.9. The molecular formula is C15H15BrN2O. The summed E-state index contributed by atoms with van der Waals surface area (Å²) in [5, 5.41) is 6.11. The van der Waals surface area contributed by atoms with Crippen molar-refractivity contribution >= 4 is 27.5 Å². The first-order chi connectivity index (χ1) is 9.25. The van der Waals surface area contributed by atoms with Crippen molar-refractivity contribution < 1.29 is 4.79 Å². The first-order valence-electron chi connectivity index (χ1n) is 6.08. The van der Waals surface area contributed by atoms with Crippen molar-refractivity contribution in [2.45, 2.75) is 0 Å². The van der Waals surface area contributed by atoms with Crippen LogP contribution in [0.15, 0.2) is 59.1 Å². The van der Waals surface area contributed by atoms with Crippen LogP contribution >= 0.6 is 15.9 Å². The van der Waals surface area contributed by atoms with Crippen LogP contribution in [0, 0.1) is 0 Å². The molecule has 4 heteroatoms. The van der Waals surface area contributed by atoms with Crippen LogP contribution in [-0.4, -0.2) is 19.0 Å². The Bertz CT molecular complexity index is 526. The summed E-state index contributed by atoms with van der Waals surface area (Å²) in [7, 11) is 0. The normalized spacial score (nSPS) is 9.95. The molecule has 0 aliphatic heterocycles. The number of rotatable bonds is 5. The number of para-hydroxylation sites is 1. The fraction of sp³-hybridized carbons (Fsp3) is 0.133. The minimum Gasteiger partial charge on any atom is -0.383 e. The maximum atomic E-state index is 11.8. The molecule has 0 aromatic heterocycles. The maximum Gasteiger partial charge on any atom is 0.251 e. The van der Waals surface area contributed by atoms with E-state index in [1.54, 1.807) is 12.1 Å². The number of nitrogens with one attached hydrogen (secondary N) is 2. The number of benzene rings is 2. The SMILES string of the molecule is O=C(NCCNc1ccccc1)c1ccc(Br)cc1. The molecule has 0 saturated carbocycles. The molecule has 0 atom stereocenters. The third-order valence-electron chi connectivity index (χ3n) is 2.62. The van der Waals surface area contributed by atoms with Crippen molar-refractivity contribution in [3.8, 4) is 0 Å². The first kappa shape index (κ1) is 13.6. The summed E-state index contributed by atoms with van der Waals surface area (Å²) >= 11 is 3.34. The van der Waals surface area contributed by atoms with E-state index in [1.165, 1.54) is 0 Å². The molecule has 98 valence electrons. The lowest BCUT2D eigenvalue weighted by molar-refractivity contribution is 0.0955. The fourth-order valence-electron chi connectivity index (χ4n) is 1.64. The van der Waals surface area contributed by atoms with Crippen molar-refractivity contribution in [3.05, 3.63) is 64.6 Å². The molecule has 2 aromatic rings. The summed E-state index contributed by atoms with van der Waals surface area (Å²) in [6.45, 7) is 1.29. The fourth-order valence-corrected chi connectivity index (χ4v) is 1.91. The van der Waals surface area contributed by atoms with Crippen LogP contribution in [0.1, 0.15) is 10.4 Å². The van der Waals surface area contributed by atoms with E-state index >= 15 is 0 Å². The summed E-state index contributed by atoms with van der Waals surface area (Å²) in [5.74, 6) is -0.0534. The highest BCUT2D eigenvalue weighted by molar-refractivity contribution is 9.10. The number of anilines is 1. The van der Waals surface area contributed by atoms with Crippen LogP contribution in [0.2, 0.25) is 0 Å². The van der Waals surface area contributed by atoms with Gasteiger partial charge in [-0.3, -0.25) is 4.79 Å². The Hall–Kier alpha value is -1.81. The van der Waals surface area contributed by atoms with Crippen LogP contribution in [0.4, 0.5) is 5.69 Å². The molecule has 0 fully saturated rings. The second-order valence-corrected chi connectivity index (χ2v) is 4.97. The number of amides is 1. The van der Waals surface area contributed by atoms with Gasteiger partial charge in [0, 0.05) is 28.8 Å². The largest absolute Gasteiger partial charge is 0.383 e. The average molecular weight is 319 g/mol. The van der Waals surface area contributed by atoms with Gasteiger partial charge in [0.05, 0.1) is 0 Å². The molecule has 2 rings (SSSR count). The minimum absolute atomic E-state index is 0.0534. The molecule has 3 nitrogen and oxygen atoms in total. The average Bonchev–Trinajstić information content (AvgIpc) is 2.45. The third-order valence-corrected chi connectivity index (χ3v) is 3.15. The first-order valence-corrected chi connectivity index (χ1v) is 6.88. The lowest BCUT2D eigenvalue weighted by atomic mass is 10.2. The Kier molecular flexibility index (Phi) is 4.98. The Morgan fingerprint density at radius 2 is 1.63 bits per heavy atom. The third kappa shape index (κ3) is 4.41. The van der Waals surface area contributed by atoms with Gasteiger partial charge in [-0.05, 0) is 36.4 Å². The quantitative estimate of drug-likeness (QED) is 0.831. The zero-order valence-corrected chi connectivity index (χ0v) is 12.0. The van der Waals surface area contributed by atoms with Gasteiger partial charge in [-0.2, -0.15) is 0 Å². The van der Waals surface area contributed by atoms with E-state index in [1.807, 2.05) is 42.5 Å². The molecule has 2 aromatic carbocycles. The lowest BCUT2D eigenvalue weighted by Gasteiger charge is -2.08. The van der Waals surface area contributed by atoms with Gasteiger partial charge in [0.25, 0.3) is 5.91 Å². The lowest BCUT2D eigenvalue weighted by Crippen LogP contribution is -2.28. The second-order valence-electron chi connectivity index (χ2n) is 4.06. The zero-order chi connectivity index (χ0) is 13.5. The highest BCUT2D eigenvalue weighted by Gasteiger charge is 2.03. The molecular weight excluding hydrogens is 304 g/mol. The number of hydrogen-bond acceptors (Lipinski definition) is 2. The highest BCUT2D eigenvalue weighted by Crippen LogP contribution is 2.10. The van der Waals surface area contributed by atoms with Crippen molar-refractivity contribution in [1.82, 2.24) is 5.32 Å². The summed E-state index contributed by atoms with van der Waals surface area (Å²) < 4.78 is 0.967. The molecule has 2 N–H and O–H groups in total. The number of halogens is 1. The van der Waals surface area contributed by atoms with E-state index in [9.17, 15) is 4.79 Å². The molecule has 0 saturated heterocycles. The molecule has 19 heavy (non-hydrogen) atoms. The van der Waals surface area contributed by atoms with E-state index in [2.05, 4.69) is 26.6 Å². The monoisotopic (exact) mass is 318 g/mol. The van der Waals surface area contributed by atoms with Crippen LogP contribution in [0.3, 0.4) is 0 Å². The van der Waals surface area contributed by atoms with Crippen molar-refractivity contribution in [2.75, 3.05) is 18.4 Å². The van der Waals surface area contributed by atoms with Gasteiger partial charge < -0.3 is 10.6 Å². The zero-order valence-electron chi connectivity index (χ0n) is 10.4.